The van der Waals surface area contributed by atoms with E-state index in [-0.39, 0.29) is 5.41 Å². The Morgan fingerprint density at radius 1 is 0.500 bits per heavy atom. The van der Waals surface area contributed by atoms with Crippen LogP contribution in [0.2, 0.25) is 0 Å². The number of hydrogen-bond donors (Lipinski definition) is 0. The second-order valence-electron chi connectivity index (χ2n) is 9.13. The number of aromatic nitrogens is 1. The van der Waals surface area contributed by atoms with E-state index in [1.165, 1.54) is 61.2 Å². The summed E-state index contributed by atoms with van der Waals surface area (Å²) in [7, 11) is 0. The average Bonchev–Trinajstić information content (AvgIpc) is 3.46. The van der Waals surface area contributed by atoms with Crippen LogP contribution in [0.15, 0.2) is 103 Å². The lowest BCUT2D eigenvalue weighted by atomic mass is 9.70. The maximum absolute atomic E-state index is 4.87. The summed E-state index contributed by atoms with van der Waals surface area (Å²) in [5.74, 6) is 0. The van der Waals surface area contributed by atoms with Gasteiger partial charge in [0.1, 0.15) is 0 Å². The van der Waals surface area contributed by atoms with Crippen LogP contribution in [-0.4, -0.2) is 4.98 Å². The monoisotopic (exact) mass is 405 g/mol. The van der Waals surface area contributed by atoms with Gasteiger partial charge in [0.15, 0.2) is 0 Å². The van der Waals surface area contributed by atoms with E-state index in [2.05, 4.69) is 97.1 Å². The Kier molecular flexibility index (Phi) is 2.94. The van der Waals surface area contributed by atoms with Crippen LogP contribution in [0.1, 0.15) is 33.4 Å². The number of pyridine rings is 1. The highest BCUT2D eigenvalue weighted by molar-refractivity contribution is 5.96. The predicted molar refractivity (Wildman–Crippen MR) is 129 cm³/mol. The standard InChI is InChI=1S/C31H19N/c1-2-9-21-19(8-1)16-20-17-25-22-10-3-5-12-26(22)31(29(25)18-24(20)21)27-13-6-4-11-23(27)30-28(31)14-7-15-32-30/h1-15,17-18H,16H2. The summed E-state index contributed by atoms with van der Waals surface area (Å²) in [6.45, 7) is 0. The summed E-state index contributed by atoms with van der Waals surface area (Å²) in [5, 5.41) is 0. The molecule has 8 rings (SSSR count). The molecule has 0 amide bonds. The molecule has 32 heavy (non-hydrogen) atoms. The molecule has 4 aromatic carbocycles. The molecule has 1 heteroatoms. The molecule has 0 N–H and O–H groups in total. The molecule has 1 aromatic heterocycles. The Balaban J connectivity index is 1.56. The fraction of sp³-hybridized carbons (Fsp3) is 0.0645. The van der Waals surface area contributed by atoms with Crippen molar-refractivity contribution in [2.75, 3.05) is 0 Å². The summed E-state index contributed by atoms with van der Waals surface area (Å²) in [4.78, 5) is 4.87. The Hall–Kier alpha value is -3.97. The van der Waals surface area contributed by atoms with Crippen LogP contribution < -0.4 is 0 Å². The van der Waals surface area contributed by atoms with Gasteiger partial charge >= 0.3 is 0 Å². The lowest BCUT2D eigenvalue weighted by molar-refractivity contribution is 0.791. The molecule has 5 aromatic rings. The minimum atomic E-state index is -0.307. The van der Waals surface area contributed by atoms with Crippen molar-refractivity contribution < 1.29 is 0 Å². The quantitative estimate of drug-likeness (QED) is 0.265. The van der Waals surface area contributed by atoms with Gasteiger partial charge < -0.3 is 0 Å². The molecule has 1 atom stereocenters. The number of hydrogen-bond acceptors (Lipinski definition) is 1. The summed E-state index contributed by atoms with van der Waals surface area (Å²) >= 11 is 0. The van der Waals surface area contributed by atoms with Crippen LogP contribution in [0, 0.1) is 0 Å². The maximum atomic E-state index is 4.87. The molecule has 3 aliphatic rings. The largest absolute Gasteiger partial charge is 0.256 e. The number of fused-ring (bicyclic) bond motifs is 13. The first-order valence-electron chi connectivity index (χ1n) is 11.3. The lowest BCUT2D eigenvalue weighted by Gasteiger charge is -2.30. The molecule has 0 fully saturated rings. The third kappa shape index (κ3) is 1.77. The maximum Gasteiger partial charge on any atom is 0.0753 e. The van der Waals surface area contributed by atoms with Gasteiger partial charge in [0.25, 0.3) is 0 Å². The van der Waals surface area contributed by atoms with Gasteiger partial charge in [-0.1, -0.05) is 78.9 Å². The molecule has 148 valence electrons. The van der Waals surface area contributed by atoms with Crippen molar-refractivity contribution in [2.45, 2.75) is 11.8 Å². The van der Waals surface area contributed by atoms with Gasteiger partial charge in [-0.2, -0.15) is 0 Å². The van der Waals surface area contributed by atoms with E-state index in [9.17, 15) is 0 Å². The smallest absolute Gasteiger partial charge is 0.0753 e. The van der Waals surface area contributed by atoms with E-state index in [1.807, 2.05) is 6.20 Å². The highest BCUT2D eigenvalue weighted by Gasteiger charge is 2.52. The van der Waals surface area contributed by atoms with Gasteiger partial charge in [-0.05, 0) is 80.3 Å². The normalized spacial score (nSPS) is 18.0. The van der Waals surface area contributed by atoms with Gasteiger partial charge in [-0.25, -0.2) is 0 Å². The van der Waals surface area contributed by atoms with Crippen LogP contribution in [0.5, 0.6) is 0 Å². The Bertz CT molecular complexity index is 1560. The predicted octanol–water partition coefficient (Wildman–Crippen LogP) is 7.00. The van der Waals surface area contributed by atoms with Crippen molar-refractivity contribution >= 4 is 0 Å². The van der Waals surface area contributed by atoms with Crippen molar-refractivity contribution in [1.29, 1.82) is 0 Å². The van der Waals surface area contributed by atoms with Crippen molar-refractivity contribution in [3.63, 3.8) is 0 Å². The van der Waals surface area contributed by atoms with E-state index in [4.69, 9.17) is 4.98 Å². The SMILES string of the molecule is c1ccc2c(c1)Cc1cc3c(cc1-2)C1(c2ccccc2-3)c2ccccc2-c2ncccc21. The first-order valence-corrected chi connectivity index (χ1v) is 11.3. The van der Waals surface area contributed by atoms with E-state index in [1.54, 1.807) is 0 Å². The molecule has 1 spiro atoms. The van der Waals surface area contributed by atoms with Gasteiger partial charge in [0, 0.05) is 11.8 Å². The topological polar surface area (TPSA) is 12.9 Å². The molecule has 0 saturated heterocycles. The van der Waals surface area contributed by atoms with Crippen molar-refractivity contribution in [3.8, 4) is 33.5 Å². The number of rotatable bonds is 0. The zero-order chi connectivity index (χ0) is 20.9. The van der Waals surface area contributed by atoms with Gasteiger partial charge in [0.2, 0.25) is 0 Å². The third-order valence-corrected chi connectivity index (χ3v) is 7.75. The van der Waals surface area contributed by atoms with Crippen LogP contribution in [0.25, 0.3) is 33.5 Å². The summed E-state index contributed by atoms with van der Waals surface area (Å²) in [5.41, 5.74) is 15.9. The fourth-order valence-corrected chi connectivity index (χ4v) is 6.57. The lowest BCUT2D eigenvalue weighted by Crippen LogP contribution is -2.26. The summed E-state index contributed by atoms with van der Waals surface area (Å²) < 4.78 is 0. The molecule has 0 aliphatic heterocycles. The Morgan fingerprint density at radius 3 is 2.06 bits per heavy atom. The van der Waals surface area contributed by atoms with Crippen LogP contribution in [-0.2, 0) is 11.8 Å². The molecule has 1 nitrogen and oxygen atoms in total. The second kappa shape index (κ2) is 5.63. The van der Waals surface area contributed by atoms with E-state index in [0.717, 1.165) is 12.1 Å². The second-order valence-corrected chi connectivity index (χ2v) is 9.13. The van der Waals surface area contributed by atoms with Crippen LogP contribution >= 0.6 is 0 Å². The molecule has 0 saturated carbocycles. The summed E-state index contributed by atoms with van der Waals surface area (Å²) in [6, 6.07) is 36.1. The first kappa shape index (κ1) is 16.7. The third-order valence-electron chi connectivity index (χ3n) is 7.75. The highest BCUT2D eigenvalue weighted by atomic mass is 14.7. The Labute approximate surface area is 187 Å². The van der Waals surface area contributed by atoms with Crippen LogP contribution in [0.3, 0.4) is 0 Å². The average molecular weight is 406 g/mol. The highest BCUT2D eigenvalue weighted by Crippen LogP contribution is 2.63. The van der Waals surface area contributed by atoms with E-state index < -0.39 is 0 Å². The Morgan fingerprint density at radius 2 is 1.19 bits per heavy atom. The number of nitrogens with zero attached hydrogens (tertiary/aromatic N) is 1. The zero-order valence-corrected chi connectivity index (χ0v) is 17.5. The van der Waals surface area contributed by atoms with E-state index in [0.29, 0.717) is 0 Å². The first-order chi connectivity index (χ1) is 15.9. The number of benzene rings is 4. The van der Waals surface area contributed by atoms with E-state index >= 15 is 0 Å². The van der Waals surface area contributed by atoms with Gasteiger partial charge in [-0.15, -0.1) is 0 Å². The van der Waals surface area contributed by atoms with Gasteiger partial charge in [-0.3, -0.25) is 4.98 Å². The molecular formula is C31H19N. The zero-order valence-electron chi connectivity index (χ0n) is 17.5. The molecule has 0 bridgehead atoms. The molecule has 3 aliphatic carbocycles. The molecule has 1 heterocycles. The minimum Gasteiger partial charge on any atom is -0.256 e. The van der Waals surface area contributed by atoms with Gasteiger partial charge in [0.05, 0.1) is 11.1 Å². The van der Waals surface area contributed by atoms with Crippen molar-refractivity contribution in [3.05, 3.63) is 137 Å². The van der Waals surface area contributed by atoms with Crippen molar-refractivity contribution in [2.24, 2.45) is 0 Å². The van der Waals surface area contributed by atoms with Crippen molar-refractivity contribution in [1.82, 2.24) is 4.98 Å². The fourth-order valence-electron chi connectivity index (χ4n) is 6.57. The molecule has 1 unspecified atom stereocenters. The molecular weight excluding hydrogens is 386 g/mol. The molecule has 0 radical (unpaired) electrons. The summed E-state index contributed by atoms with van der Waals surface area (Å²) in [6.07, 6.45) is 2.94. The minimum absolute atomic E-state index is 0.307. The van der Waals surface area contributed by atoms with Crippen LogP contribution in [0.4, 0.5) is 0 Å².